The summed E-state index contributed by atoms with van der Waals surface area (Å²) in [6, 6.07) is 14.4. The molecule has 8 nitrogen and oxygen atoms in total. The van der Waals surface area contributed by atoms with Gasteiger partial charge in [-0.2, -0.15) is 0 Å². The smallest absolute Gasteiger partial charge is 0.274 e. The Morgan fingerprint density at radius 1 is 1.09 bits per heavy atom. The maximum Gasteiger partial charge on any atom is 0.274 e. The molecule has 172 valence electrons. The molecule has 1 aliphatic carbocycles. The average Bonchev–Trinajstić information content (AvgIpc) is 3.17. The van der Waals surface area contributed by atoms with Crippen molar-refractivity contribution in [3.05, 3.63) is 75.3 Å². The SMILES string of the molecule is Cc1c(N(CCCC(=O)Nc2ccc3c4c(cccc24)CC3)S(C)(=O)=O)cccc1[N+](=O)[O-]. The summed E-state index contributed by atoms with van der Waals surface area (Å²) in [6.45, 7) is 1.56. The zero-order valence-corrected chi connectivity index (χ0v) is 19.3. The summed E-state index contributed by atoms with van der Waals surface area (Å²) in [5.41, 5.74) is 3.69. The molecule has 0 aliphatic heterocycles. The van der Waals surface area contributed by atoms with E-state index in [0.29, 0.717) is 0 Å². The number of anilines is 2. The number of benzene rings is 3. The molecule has 0 aromatic heterocycles. The van der Waals surface area contributed by atoms with Crippen molar-refractivity contribution < 1.29 is 18.1 Å². The molecule has 0 heterocycles. The molecule has 1 aliphatic rings. The molecular formula is C24H25N3O5S. The van der Waals surface area contributed by atoms with Crippen molar-refractivity contribution in [1.82, 2.24) is 0 Å². The molecule has 0 spiro atoms. The number of nitro groups is 1. The lowest BCUT2D eigenvalue weighted by Crippen LogP contribution is -2.32. The Balaban J connectivity index is 1.47. The minimum atomic E-state index is -3.69. The molecule has 0 saturated heterocycles. The fraction of sp³-hybridized carbons (Fsp3) is 0.292. The first-order valence-corrected chi connectivity index (χ1v) is 12.6. The minimum Gasteiger partial charge on any atom is -0.326 e. The second kappa shape index (κ2) is 8.82. The van der Waals surface area contributed by atoms with Crippen LogP contribution in [0.15, 0.2) is 48.5 Å². The highest BCUT2D eigenvalue weighted by Crippen LogP contribution is 2.35. The van der Waals surface area contributed by atoms with E-state index in [1.807, 2.05) is 24.3 Å². The summed E-state index contributed by atoms with van der Waals surface area (Å²) < 4.78 is 25.9. The minimum absolute atomic E-state index is 0.0398. The van der Waals surface area contributed by atoms with Gasteiger partial charge in [0.05, 0.1) is 22.4 Å². The molecule has 0 fully saturated rings. The fourth-order valence-corrected chi connectivity index (χ4v) is 5.51. The quantitative estimate of drug-likeness (QED) is 0.391. The summed E-state index contributed by atoms with van der Waals surface area (Å²) in [5.74, 6) is -0.210. The van der Waals surface area contributed by atoms with Gasteiger partial charge >= 0.3 is 0 Å². The highest BCUT2D eigenvalue weighted by molar-refractivity contribution is 7.92. The molecule has 4 rings (SSSR count). The van der Waals surface area contributed by atoms with Crippen LogP contribution in [0.5, 0.6) is 0 Å². The lowest BCUT2D eigenvalue weighted by molar-refractivity contribution is -0.385. The van der Waals surface area contributed by atoms with Crippen molar-refractivity contribution in [2.24, 2.45) is 0 Å². The van der Waals surface area contributed by atoms with Gasteiger partial charge in [0.1, 0.15) is 0 Å². The zero-order chi connectivity index (χ0) is 23.8. The number of hydrogen-bond donors (Lipinski definition) is 1. The Morgan fingerprint density at radius 3 is 2.48 bits per heavy atom. The maximum atomic E-state index is 12.7. The molecule has 0 bridgehead atoms. The van der Waals surface area contributed by atoms with Crippen LogP contribution in [0, 0.1) is 17.0 Å². The number of nitrogens with one attached hydrogen (secondary N) is 1. The summed E-state index contributed by atoms with van der Waals surface area (Å²) >= 11 is 0. The van der Waals surface area contributed by atoms with E-state index < -0.39 is 14.9 Å². The number of carbonyl (C=O) groups excluding carboxylic acids is 1. The van der Waals surface area contributed by atoms with Crippen LogP contribution in [0.4, 0.5) is 17.1 Å². The maximum absolute atomic E-state index is 12.7. The molecule has 1 amide bonds. The first-order chi connectivity index (χ1) is 15.7. The van der Waals surface area contributed by atoms with Gasteiger partial charge in [0.15, 0.2) is 0 Å². The molecule has 0 atom stereocenters. The number of amides is 1. The van der Waals surface area contributed by atoms with Crippen molar-refractivity contribution >= 4 is 43.8 Å². The number of rotatable bonds is 8. The predicted octanol–water partition coefficient (Wildman–Crippen LogP) is 4.34. The van der Waals surface area contributed by atoms with Crippen molar-refractivity contribution in [2.45, 2.75) is 32.6 Å². The van der Waals surface area contributed by atoms with Gasteiger partial charge in [-0.1, -0.05) is 30.3 Å². The van der Waals surface area contributed by atoms with Crippen molar-refractivity contribution in [1.29, 1.82) is 0 Å². The van der Waals surface area contributed by atoms with E-state index in [9.17, 15) is 23.3 Å². The molecule has 3 aromatic carbocycles. The fourth-order valence-electron chi connectivity index (χ4n) is 4.50. The zero-order valence-electron chi connectivity index (χ0n) is 18.5. The van der Waals surface area contributed by atoms with Gasteiger partial charge in [-0.25, -0.2) is 8.42 Å². The third-order valence-electron chi connectivity index (χ3n) is 6.06. The highest BCUT2D eigenvalue weighted by Gasteiger charge is 2.24. The molecule has 33 heavy (non-hydrogen) atoms. The van der Waals surface area contributed by atoms with Gasteiger partial charge in [-0.15, -0.1) is 0 Å². The van der Waals surface area contributed by atoms with Crippen LogP contribution in [0.3, 0.4) is 0 Å². The lowest BCUT2D eigenvalue weighted by Gasteiger charge is -2.24. The summed E-state index contributed by atoms with van der Waals surface area (Å²) in [4.78, 5) is 23.4. The van der Waals surface area contributed by atoms with Crippen LogP contribution >= 0.6 is 0 Å². The van der Waals surface area contributed by atoms with Gasteiger partial charge in [-0.3, -0.25) is 19.2 Å². The first kappa shape index (κ1) is 22.7. The lowest BCUT2D eigenvalue weighted by atomic mass is 10.0. The predicted molar refractivity (Wildman–Crippen MR) is 129 cm³/mol. The summed E-state index contributed by atoms with van der Waals surface area (Å²) in [7, 11) is -3.69. The van der Waals surface area contributed by atoms with Crippen LogP contribution in [0.25, 0.3) is 10.8 Å². The molecule has 0 saturated carbocycles. The Kier molecular flexibility index (Phi) is 6.07. The van der Waals surface area contributed by atoms with Gasteiger partial charge < -0.3 is 5.32 Å². The van der Waals surface area contributed by atoms with Crippen molar-refractivity contribution in [2.75, 3.05) is 22.4 Å². The highest BCUT2D eigenvalue weighted by atomic mass is 32.2. The third-order valence-corrected chi connectivity index (χ3v) is 7.24. The Hall–Kier alpha value is -3.46. The van der Waals surface area contributed by atoms with Gasteiger partial charge in [-0.05, 0) is 54.8 Å². The number of nitro benzene ring substituents is 1. The molecule has 3 aromatic rings. The van der Waals surface area contributed by atoms with Crippen LogP contribution in [0.1, 0.15) is 29.5 Å². The van der Waals surface area contributed by atoms with Gasteiger partial charge in [0.25, 0.3) is 5.69 Å². The second-order valence-corrected chi connectivity index (χ2v) is 10.2. The first-order valence-electron chi connectivity index (χ1n) is 10.7. The van der Waals surface area contributed by atoms with E-state index in [1.54, 1.807) is 0 Å². The number of hydrogen-bond acceptors (Lipinski definition) is 5. The molecule has 1 N–H and O–H groups in total. The largest absolute Gasteiger partial charge is 0.326 e. The normalized spacial score (nSPS) is 12.7. The molecule has 0 radical (unpaired) electrons. The van der Waals surface area contributed by atoms with E-state index in [1.165, 1.54) is 41.6 Å². The number of sulfonamides is 1. The Morgan fingerprint density at radius 2 is 1.79 bits per heavy atom. The van der Waals surface area contributed by atoms with Crippen LogP contribution < -0.4 is 9.62 Å². The van der Waals surface area contributed by atoms with Crippen molar-refractivity contribution in [3.8, 4) is 0 Å². The van der Waals surface area contributed by atoms with Gasteiger partial charge in [0, 0.05) is 30.1 Å². The van der Waals surface area contributed by atoms with Crippen LogP contribution in [-0.2, 0) is 27.7 Å². The van der Waals surface area contributed by atoms with E-state index in [2.05, 4.69) is 11.4 Å². The van der Waals surface area contributed by atoms with Crippen LogP contribution in [-0.4, -0.2) is 32.0 Å². The van der Waals surface area contributed by atoms with Crippen LogP contribution in [0.2, 0.25) is 0 Å². The summed E-state index contributed by atoms with van der Waals surface area (Å²) in [5, 5.41) is 16.4. The van der Waals surface area contributed by atoms with Crippen molar-refractivity contribution in [3.63, 3.8) is 0 Å². The second-order valence-electron chi connectivity index (χ2n) is 8.28. The number of carbonyl (C=O) groups is 1. The standard InChI is InChI=1S/C24H25N3O5S/c1-16-21(8-4-9-22(16)27(29)30)26(33(2,31)32)15-5-10-23(28)25-20-14-13-18-12-11-17-6-3-7-19(20)24(17)18/h3-4,6-9,13-14H,5,10-12,15H2,1-2H3,(H,25,28). The Labute approximate surface area is 192 Å². The monoisotopic (exact) mass is 467 g/mol. The van der Waals surface area contributed by atoms with E-state index in [4.69, 9.17) is 0 Å². The molecular weight excluding hydrogens is 442 g/mol. The van der Waals surface area contributed by atoms with E-state index >= 15 is 0 Å². The molecule has 9 heteroatoms. The van der Waals surface area contributed by atoms with Gasteiger partial charge in [0.2, 0.25) is 15.9 Å². The van der Waals surface area contributed by atoms with E-state index in [0.717, 1.165) is 34.5 Å². The number of nitrogens with zero attached hydrogens (tertiary/aromatic N) is 2. The topological polar surface area (TPSA) is 110 Å². The Bertz CT molecular complexity index is 1360. The molecule has 0 unspecified atom stereocenters. The number of aryl methyl sites for hydroxylation is 2. The summed E-state index contributed by atoms with van der Waals surface area (Å²) in [6.07, 6.45) is 3.44. The van der Waals surface area contributed by atoms with E-state index in [-0.39, 0.29) is 42.2 Å². The third kappa shape index (κ3) is 4.54. The average molecular weight is 468 g/mol.